The van der Waals surface area contributed by atoms with Crippen LogP contribution in [-0.4, -0.2) is 23.4 Å². The number of carbonyl (C=O) groups is 1. The van der Waals surface area contributed by atoms with Crippen molar-refractivity contribution in [3.8, 4) is 0 Å². The lowest BCUT2D eigenvalue weighted by atomic mass is 10.0. The molecule has 20 heavy (non-hydrogen) atoms. The van der Waals surface area contributed by atoms with Crippen molar-refractivity contribution in [1.29, 1.82) is 0 Å². The maximum absolute atomic E-state index is 12.5. The number of halogens is 2. The minimum atomic E-state index is -0.125. The summed E-state index contributed by atoms with van der Waals surface area (Å²) in [6.45, 7) is 6.87. The smallest absolute Gasteiger partial charge is 0.227 e. The monoisotopic (exact) mass is 316 g/mol. The van der Waals surface area contributed by atoms with Gasteiger partial charge in [-0.15, -0.1) is 0 Å². The molecule has 0 spiro atoms. The van der Waals surface area contributed by atoms with Gasteiger partial charge in [-0.05, 0) is 38.0 Å². The van der Waals surface area contributed by atoms with Gasteiger partial charge in [-0.25, -0.2) is 0 Å². The molecule has 0 aliphatic carbocycles. The zero-order valence-electron chi connectivity index (χ0n) is 12.2. The van der Waals surface area contributed by atoms with Crippen LogP contribution in [0.25, 0.3) is 0 Å². The number of carbonyl (C=O) groups excluding carboxylic acids is 1. The molecule has 1 atom stereocenters. The number of hydrogen-bond acceptors (Lipinski definition) is 2. The summed E-state index contributed by atoms with van der Waals surface area (Å²) in [4.78, 5) is 14.3. The SMILES string of the molecule is CCC(CN)C(=O)N(Cc1ccc(Cl)c(Cl)c1)C(C)C. The van der Waals surface area contributed by atoms with Gasteiger partial charge in [0.15, 0.2) is 0 Å². The van der Waals surface area contributed by atoms with E-state index in [1.54, 1.807) is 12.1 Å². The zero-order valence-corrected chi connectivity index (χ0v) is 13.7. The molecule has 1 amide bonds. The molecule has 1 aromatic rings. The van der Waals surface area contributed by atoms with Gasteiger partial charge in [0.1, 0.15) is 0 Å². The predicted octanol–water partition coefficient (Wildman–Crippen LogP) is 3.72. The Hall–Kier alpha value is -0.770. The highest BCUT2D eigenvalue weighted by Crippen LogP contribution is 2.24. The molecule has 0 fully saturated rings. The van der Waals surface area contributed by atoms with Crippen LogP contribution in [0.3, 0.4) is 0 Å². The second kappa shape index (κ2) is 7.87. The summed E-state index contributed by atoms with van der Waals surface area (Å²) >= 11 is 11.9. The molecule has 1 aromatic carbocycles. The lowest BCUT2D eigenvalue weighted by molar-refractivity contribution is -0.137. The standard InChI is InChI=1S/C15H22Cl2N2O/c1-4-12(8-18)15(20)19(10(2)3)9-11-5-6-13(16)14(17)7-11/h5-7,10,12H,4,8-9,18H2,1-3H3. The Balaban J connectivity index is 2.92. The van der Waals surface area contributed by atoms with Crippen LogP contribution >= 0.6 is 23.2 Å². The molecule has 112 valence electrons. The minimum Gasteiger partial charge on any atom is -0.336 e. The van der Waals surface area contributed by atoms with E-state index in [2.05, 4.69) is 0 Å². The van der Waals surface area contributed by atoms with E-state index in [4.69, 9.17) is 28.9 Å². The molecule has 0 heterocycles. The molecule has 0 aliphatic rings. The van der Waals surface area contributed by atoms with Gasteiger partial charge >= 0.3 is 0 Å². The summed E-state index contributed by atoms with van der Waals surface area (Å²) in [6, 6.07) is 5.55. The number of nitrogens with two attached hydrogens (primary N) is 1. The third-order valence-corrected chi connectivity index (χ3v) is 4.11. The van der Waals surface area contributed by atoms with Crippen molar-refractivity contribution in [3.05, 3.63) is 33.8 Å². The topological polar surface area (TPSA) is 46.3 Å². The average Bonchev–Trinajstić information content (AvgIpc) is 2.40. The van der Waals surface area contributed by atoms with E-state index >= 15 is 0 Å². The Bertz CT molecular complexity index is 459. The number of hydrogen-bond donors (Lipinski definition) is 1. The first-order valence-corrected chi connectivity index (χ1v) is 7.60. The van der Waals surface area contributed by atoms with Gasteiger partial charge in [-0.1, -0.05) is 36.2 Å². The fourth-order valence-corrected chi connectivity index (χ4v) is 2.35. The predicted molar refractivity (Wildman–Crippen MR) is 85.0 cm³/mol. The van der Waals surface area contributed by atoms with E-state index < -0.39 is 0 Å². The fraction of sp³-hybridized carbons (Fsp3) is 0.533. The molecule has 0 radical (unpaired) electrons. The molecule has 5 heteroatoms. The third-order valence-electron chi connectivity index (χ3n) is 3.37. The van der Waals surface area contributed by atoms with Gasteiger partial charge in [0.05, 0.1) is 16.0 Å². The highest BCUT2D eigenvalue weighted by molar-refractivity contribution is 6.42. The molecule has 2 N–H and O–H groups in total. The first-order chi connectivity index (χ1) is 9.40. The molecule has 0 aliphatic heterocycles. The Morgan fingerprint density at radius 1 is 1.30 bits per heavy atom. The van der Waals surface area contributed by atoms with Crippen LogP contribution < -0.4 is 5.73 Å². The molecule has 0 saturated carbocycles. The molecule has 3 nitrogen and oxygen atoms in total. The molecule has 1 unspecified atom stereocenters. The summed E-state index contributed by atoms with van der Waals surface area (Å²) in [7, 11) is 0. The van der Waals surface area contributed by atoms with E-state index in [0.29, 0.717) is 23.1 Å². The Labute approximate surface area is 131 Å². The second-order valence-electron chi connectivity index (χ2n) is 5.15. The lowest BCUT2D eigenvalue weighted by Crippen LogP contribution is -2.42. The number of rotatable bonds is 6. The first kappa shape index (κ1) is 17.3. The fourth-order valence-electron chi connectivity index (χ4n) is 2.03. The first-order valence-electron chi connectivity index (χ1n) is 6.85. The van der Waals surface area contributed by atoms with Gasteiger partial charge in [-0.3, -0.25) is 4.79 Å². The van der Waals surface area contributed by atoms with Crippen LogP contribution in [0, 0.1) is 5.92 Å². The maximum Gasteiger partial charge on any atom is 0.227 e. The van der Waals surface area contributed by atoms with Crippen LogP contribution in [0.1, 0.15) is 32.8 Å². The van der Waals surface area contributed by atoms with Crippen molar-refractivity contribution in [1.82, 2.24) is 4.90 Å². The van der Waals surface area contributed by atoms with E-state index in [0.717, 1.165) is 12.0 Å². The maximum atomic E-state index is 12.5. The van der Waals surface area contributed by atoms with E-state index in [1.165, 1.54) is 0 Å². The quantitative estimate of drug-likeness (QED) is 0.869. The van der Waals surface area contributed by atoms with E-state index in [9.17, 15) is 4.79 Å². The highest BCUT2D eigenvalue weighted by Gasteiger charge is 2.24. The van der Waals surface area contributed by atoms with E-state index in [1.807, 2.05) is 31.7 Å². The minimum absolute atomic E-state index is 0.0936. The zero-order chi connectivity index (χ0) is 15.3. The van der Waals surface area contributed by atoms with Crippen LogP contribution in [0.4, 0.5) is 0 Å². The van der Waals surface area contributed by atoms with Gasteiger partial charge in [0.2, 0.25) is 5.91 Å². The summed E-state index contributed by atoms with van der Waals surface area (Å²) in [5.41, 5.74) is 6.64. The van der Waals surface area contributed by atoms with Gasteiger partial charge in [-0.2, -0.15) is 0 Å². The van der Waals surface area contributed by atoms with Gasteiger partial charge in [0.25, 0.3) is 0 Å². The van der Waals surface area contributed by atoms with Crippen LogP contribution in [0.15, 0.2) is 18.2 Å². The molecule has 1 rings (SSSR count). The van der Waals surface area contributed by atoms with Crippen molar-refractivity contribution < 1.29 is 4.79 Å². The number of nitrogens with zero attached hydrogens (tertiary/aromatic N) is 1. The van der Waals surface area contributed by atoms with Crippen molar-refractivity contribution >= 4 is 29.1 Å². The summed E-state index contributed by atoms with van der Waals surface area (Å²) in [5.74, 6) is -0.0313. The van der Waals surface area contributed by atoms with Crippen LogP contribution in [0.5, 0.6) is 0 Å². The molecule has 0 bridgehead atoms. The second-order valence-corrected chi connectivity index (χ2v) is 5.96. The Kier molecular flexibility index (Phi) is 6.80. The summed E-state index contributed by atoms with van der Waals surface area (Å²) in [5, 5.41) is 1.03. The normalized spacial score (nSPS) is 12.6. The molecule has 0 saturated heterocycles. The van der Waals surface area contributed by atoms with E-state index in [-0.39, 0.29) is 17.9 Å². The number of benzene rings is 1. The third kappa shape index (κ3) is 4.37. The van der Waals surface area contributed by atoms with Crippen molar-refractivity contribution in [2.75, 3.05) is 6.54 Å². The average molecular weight is 317 g/mol. The van der Waals surface area contributed by atoms with Gasteiger partial charge < -0.3 is 10.6 Å². The molecular weight excluding hydrogens is 295 g/mol. The van der Waals surface area contributed by atoms with Crippen LogP contribution in [-0.2, 0) is 11.3 Å². The van der Waals surface area contributed by atoms with Crippen molar-refractivity contribution in [2.24, 2.45) is 11.7 Å². The summed E-state index contributed by atoms with van der Waals surface area (Å²) < 4.78 is 0. The number of amides is 1. The Morgan fingerprint density at radius 2 is 1.95 bits per heavy atom. The molecule has 0 aromatic heterocycles. The summed E-state index contributed by atoms with van der Waals surface area (Å²) in [6.07, 6.45) is 0.750. The van der Waals surface area contributed by atoms with Gasteiger partial charge in [0, 0.05) is 19.1 Å². The Morgan fingerprint density at radius 3 is 2.40 bits per heavy atom. The van der Waals surface area contributed by atoms with Crippen LogP contribution in [0.2, 0.25) is 10.0 Å². The van der Waals surface area contributed by atoms with Crippen molar-refractivity contribution in [2.45, 2.75) is 39.8 Å². The highest BCUT2D eigenvalue weighted by atomic mass is 35.5. The lowest BCUT2D eigenvalue weighted by Gasteiger charge is -2.30. The van der Waals surface area contributed by atoms with Crippen molar-refractivity contribution in [3.63, 3.8) is 0 Å². The largest absolute Gasteiger partial charge is 0.336 e. The molecular formula is C15H22Cl2N2O.